The minimum absolute atomic E-state index is 0.127. The summed E-state index contributed by atoms with van der Waals surface area (Å²) in [5, 5.41) is 8.99. The van der Waals surface area contributed by atoms with E-state index in [2.05, 4.69) is 11.0 Å². The highest BCUT2D eigenvalue weighted by atomic mass is 35.5. The van der Waals surface area contributed by atoms with E-state index < -0.39 is 11.8 Å². The first-order valence-corrected chi connectivity index (χ1v) is 10.1. The molecule has 0 spiro atoms. The molecular weight excluding hydrogens is 381 g/mol. The molecule has 4 rings (SSSR count). The zero-order valence-corrected chi connectivity index (χ0v) is 16.3. The van der Waals surface area contributed by atoms with Crippen LogP contribution in [0.2, 0.25) is 5.02 Å². The van der Waals surface area contributed by atoms with Crippen LogP contribution in [0.25, 0.3) is 0 Å². The largest absolute Gasteiger partial charge is 0.490 e. The Balaban J connectivity index is 1.52. The van der Waals surface area contributed by atoms with E-state index in [1.807, 2.05) is 18.2 Å². The average Bonchev–Trinajstić information content (AvgIpc) is 2.65. The number of anilines is 1. The number of fused-ring (bicyclic) bond motifs is 1. The molecule has 0 bridgehead atoms. The third-order valence-electron chi connectivity index (χ3n) is 5.59. The molecule has 2 aromatic carbocycles. The molecule has 1 saturated carbocycles. The molecule has 4 nitrogen and oxygen atoms in total. The van der Waals surface area contributed by atoms with E-state index in [-0.39, 0.29) is 17.5 Å². The van der Waals surface area contributed by atoms with Crippen molar-refractivity contribution in [2.24, 2.45) is 0 Å². The lowest BCUT2D eigenvalue weighted by molar-refractivity contribution is -0.136. The van der Waals surface area contributed by atoms with Crippen LogP contribution >= 0.6 is 11.6 Å². The Morgan fingerprint density at radius 2 is 2.07 bits per heavy atom. The normalized spacial score (nSPS) is 16.4. The van der Waals surface area contributed by atoms with E-state index in [0.717, 1.165) is 43.4 Å². The summed E-state index contributed by atoms with van der Waals surface area (Å²) >= 11 is 6.28. The predicted molar refractivity (Wildman–Crippen MR) is 107 cm³/mol. The summed E-state index contributed by atoms with van der Waals surface area (Å²) in [6, 6.07) is 9.32. The van der Waals surface area contributed by atoms with Crippen LogP contribution in [0.15, 0.2) is 30.3 Å². The number of carboxylic acid groups (broad SMARTS) is 1. The summed E-state index contributed by atoms with van der Waals surface area (Å²) < 4.78 is 20.3. The fourth-order valence-electron chi connectivity index (χ4n) is 3.75. The number of halogens is 2. The average molecular weight is 404 g/mol. The number of carboxylic acids is 1. The van der Waals surface area contributed by atoms with Crippen molar-refractivity contribution >= 4 is 23.3 Å². The van der Waals surface area contributed by atoms with Gasteiger partial charge >= 0.3 is 5.97 Å². The molecule has 0 amide bonds. The molecule has 0 unspecified atom stereocenters. The van der Waals surface area contributed by atoms with Crippen LogP contribution in [0.1, 0.15) is 42.4 Å². The van der Waals surface area contributed by atoms with E-state index >= 15 is 0 Å². The molecule has 0 radical (unpaired) electrons. The Morgan fingerprint density at radius 1 is 1.25 bits per heavy atom. The number of aliphatic carboxylic acids is 1. The first-order valence-electron chi connectivity index (χ1n) is 9.73. The molecule has 0 aromatic heterocycles. The molecule has 2 aromatic rings. The molecule has 1 N–H and O–H groups in total. The van der Waals surface area contributed by atoms with E-state index in [0.29, 0.717) is 24.4 Å². The Kier molecular flexibility index (Phi) is 5.44. The van der Waals surface area contributed by atoms with Crippen molar-refractivity contribution in [3.8, 4) is 5.75 Å². The monoisotopic (exact) mass is 403 g/mol. The molecule has 0 saturated heterocycles. The SMILES string of the molecule is O=C(O)CCc1ccc2c(c1)CCN(c1cc(OC3CCC3)cc(F)c1Cl)C2. The van der Waals surface area contributed by atoms with Gasteiger partial charge in [-0.3, -0.25) is 4.79 Å². The lowest BCUT2D eigenvalue weighted by Gasteiger charge is -2.33. The van der Waals surface area contributed by atoms with Crippen molar-refractivity contribution in [1.82, 2.24) is 0 Å². The Labute approximate surface area is 168 Å². The maximum absolute atomic E-state index is 14.4. The summed E-state index contributed by atoms with van der Waals surface area (Å²) in [5.41, 5.74) is 4.08. The van der Waals surface area contributed by atoms with E-state index in [1.165, 1.54) is 11.6 Å². The van der Waals surface area contributed by atoms with Crippen LogP contribution in [0.4, 0.5) is 10.1 Å². The van der Waals surface area contributed by atoms with Gasteiger partial charge in [0.25, 0.3) is 0 Å². The lowest BCUT2D eigenvalue weighted by atomic mass is 9.95. The highest BCUT2D eigenvalue weighted by Crippen LogP contribution is 2.37. The van der Waals surface area contributed by atoms with Gasteiger partial charge in [0.2, 0.25) is 0 Å². The molecule has 148 valence electrons. The van der Waals surface area contributed by atoms with Crippen molar-refractivity contribution in [2.75, 3.05) is 11.4 Å². The van der Waals surface area contributed by atoms with Crippen LogP contribution in [0.3, 0.4) is 0 Å². The third kappa shape index (κ3) is 4.09. The van der Waals surface area contributed by atoms with E-state index in [4.69, 9.17) is 21.4 Å². The summed E-state index contributed by atoms with van der Waals surface area (Å²) in [7, 11) is 0. The molecule has 1 heterocycles. The summed E-state index contributed by atoms with van der Waals surface area (Å²) in [6.45, 7) is 1.36. The number of nitrogens with zero attached hydrogens (tertiary/aromatic N) is 1. The number of ether oxygens (including phenoxy) is 1. The van der Waals surface area contributed by atoms with Crippen molar-refractivity contribution in [3.63, 3.8) is 0 Å². The van der Waals surface area contributed by atoms with Crippen molar-refractivity contribution < 1.29 is 19.0 Å². The fraction of sp³-hybridized carbons (Fsp3) is 0.409. The molecule has 2 aliphatic rings. The number of rotatable bonds is 6. The molecule has 1 aliphatic heterocycles. The van der Waals surface area contributed by atoms with Crippen molar-refractivity contribution in [2.45, 2.75) is 51.2 Å². The van der Waals surface area contributed by atoms with Gasteiger partial charge in [0.05, 0.1) is 16.8 Å². The van der Waals surface area contributed by atoms with Gasteiger partial charge in [-0.15, -0.1) is 0 Å². The molecular formula is C22H23ClFNO3. The molecule has 28 heavy (non-hydrogen) atoms. The van der Waals surface area contributed by atoms with Gasteiger partial charge in [0.15, 0.2) is 0 Å². The quantitative estimate of drug-likeness (QED) is 0.738. The Hall–Kier alpha value is -2.27. The van der Waals surface area contributed by atoms with Crippen LogP contribution < -0.4 is 9.64 Å². The van der Waals surface area contributed by atoms with E-state index in [1.54, 1.807) is 0 Å². The minimum atomic E-state index is -0.787. The fourth-order valence-corrected chi connectivity index (χ4v) is 3.98. The van der Waals surface area contributed by atoms with Crippen LogP contribution in [0, 0.1) is 5.82 Å². The second kappa shape index (κ2) is 8.00. The van der Waals surface area contributed by atoms with Gasteiger partial charge in [-0.2, -0.15) is 0 Å². The number of benzene rings is 2. The van der Waals surface area contributed by atoms with Gasteiger partial charge in [-0.05, 0) is 48.8 Å². The topological polar surface area (TPSA) is 49.8 Å². The number of hydrogen-bond acceptors (Lipinski definition) is 3. The second-order valence-electron chi connectivity index (χ2n) is 7.58. The Morgan fingerprint density at radius 3 is 2.79 bits per heavy atom. The van der Waals surface area contributed by atoms with Crippen LogP contribution in [-0.2, 0) is 24.2 Å². The van der Waals surface area contributed by atoms with Crippen molar-refractivity contribution in [3.05, 3.63) is 57.9 Å². The first-order chi connectivity index (χ1) is 13.5. The van der Waals surface area contributed by atoms with Crippen LogP contribution in [0.5, 0.6) is 5.75 Å². The maximum atomic E-state index is 14.4. The van der Waals surface area contributed by atoms with Gasteiger partial charge in [-0.1, -0.05) is 29.8 Å². The molecule has 1 fully saturated rings. The first kappa shape index (κ1) is 19.1. The summed E-state index contributed by atoms with van der Waals surface area (Å²) in [6.07, 6.45) is 4.84. The highest BCUT2D eigenvalue weighted by Gasteiger charge is 2.24. The molecule has 0 atom stereocenters. The third-order valence-corrected chi connectivity index (χ3v) is 5.96. The number of carbonyl (C=O) groups is 1. The standard InChI is InChI=1S/C22H23ClFNO3/c23-22-19(24)11-18(28-17-2-1-3-17)12-20(22)25-9-8-15-10-14(5-7-21(26)27)4-6-16(15)13-25/h4,6,10-12,17H,1-3,5,7-9,13H2,(H,26,27). The zero-order chi connectivity index (χ0) is 19.7. The summed E-state index contributed by atoms with van der Waals surface area (Å²) in [4.78, 5) is 12.9. The van der Waals surface area contributed by atoms with Gasteiger partial charge < -0.3 is 14.7 Å². The molecule has 1 aliphatic carbocycles. The number of aryl methyl sites for hydroxylation is 1. The lowest BCUT2D eigenvalue weighted by Crippen LogP contribution is -2.31. The Bertz CT molecular complexity index is 898. The minimum Gasteiger partial charge on any atom is -0.490 e. The molecule has 6 heteroatoms. The van der Waals surface area contributed by atoms with Gasteiger partial charge in [-0.25, -0.2) is 4.39 Å². The van der Waals surface area contributed by atoms with Gasteiger partial charge in [0.1, 0.15) is 11.6 Å². The smallest absolute Gasteiger partial charge is 0.303 e. The predicted octanol–water partition coefficient (Wildman–Crippen LogP) is 4.99. The van der Waals surface area contributed by atoms with Crippen molar-refractivity contribution in [1.29, 1.82) is 0 Å². The van der Waals surface area contributed by atoms with Crippen LogP contribution in [-0.4, -0.2) is 23.7 Å². The summed E-state index contributed by atoms with van der Waals surface area (Å²) in [5.74, 6) is -0.704. The zero-order valence-electron chi connectivity index (χ0n) is 15.6. The maximum Gasteiger partial charge on any atom is 0.303 e. The second-order valence-corrected chi connectivity index (χ2v) is 7.96. The van der Waals surface area contributed by atoms with E-state index in [9.17, 15) is 9.18 Å². The number of hydrogen-bond donors (Lipinski definition) is 1. The van der Waals surface area contributed by atoms with Gasteiger partial charge in [0, 0.05) is 31.6 Å². The highest BCUT2D eigenvalue weighted by molar-refractivity contribution is 6.33.